The molecule has 0 aromatic heterocycles. The lowest BCUT2D eigenvalue weighted by molar-refractivity contribution is -0.115. The van der Waals surface area contributed by atoms with Gasteiger partial charge in [-0.05, 0) is 48.9 Å². The van der Waals surface area contributed by atoms with E-state index in [0.717, 1.165) is 34.0 Å². The molecule has 0 fully saturated rings. The third-order valence-corrected chi connectivity index (χ3v) is 4.95. The van der Waals surface area contributed by atoms with Gasteiger partial charge in [0.15, 0.2) is 0 Å². The molecule has 1 atom stereocenters. The highest BCUT2D eigenvalue weighted by Gasteiger charge is 2.21. The Morgan fingerprint density at radius 1 is 1.33 bits per heavy atom. The second kappa shape index (κ2) is 7.12. The van der Waals surface area contributed by atoms with E-state index in [1.54, 1.807) is 24.3 Å². The van der Waals surface area contributed by atoms with Gasteiger partial charge in [-0.15, -0.1) is 6.42 Å². The van der Waals surface area contributed by atoms with Crippen molar-refractivity contribution in [1.82, 2.24) is 0 Å². The highest BCUT2D eigenvalue weighted by atomic mass is 35.5. The predicted octanol–water partition coefficient (Wildman–Crippen LogP) is 4.67. The molecule has 0 bridgehead atoms. The number of rotatable bonds is 3. The van der Waals surface area contributed by atoms with E-state index in [2.05, 4.69) is 16.2 Å². The van der Waals surface area contributed by atoms with Crippen LogP contribution in [-0.2, 0) is 11.2 Å². The number of anilines is 1. The van der Waals surface area contributed by atoms with Gasteiger partial charge in [0.05, 0.1) is 16.0 Å². The number of amides is 1. The molecule has 1 amide bonds. The maximum atomic E-state index is 12.3. The van der Waals surface area contributed by atoms with Crippen LogP contribution in [-0.4, -0.2) is 16.2 Å². The minimum atomic E-state index is -0.249. The highest BCUT2D eigenvalue weighted by Crippen LogP contribution is 2.33. The van der Waals surface area contributed by atoms with E-state index in [1.807, 2.05) is 25.1 Å². The number of nitrogens with one attached hydrogen (secondary N) is 1. The third kappa shape index (κ3) is 3.81. The first-order valence-electron chi connectivity index (χ1n) is 7.45. The number of thioether (sulfide) groups is 1. The minimum absolute atomic E-state index is 0.0647. The predicted molar refractivity (Wildman–Crippen MR) is 102 cm³/mol. The number of benzene rings is 2. The fraction of sp³-hybridized carbons (Fsp3) is 0.158. The number of carbonyl (C=O) groups is 1. The average Bonchev–Trinajstić information content (AvgIpc) is 2.96. The van der Waals surface area contributed by atoms with Crippen molar-refractivity contribution in [1.29, 1.82) is 0 Å². The molecule has 0 spiro atoms. The Labute approximate surface area is 150 Å². The number of carbonyl (C=O) groups excluding carboxylic acids is 1. The standard InChI is InChI=1S/C19H15ClN2OS/c1-3-13-4-8-16(9-5-13)21-19(23)12(2)24-18-10-14-6-7-15(20)11-17(14)22-18/h1,4-9,11-12H,10H2,2H3,(H,21,23). The van der Waals surface area contributed by atoms with Gasteiger partial charge in [0.1, 0.15) is 0 Å². The minimum Gasteiger partial charge on any atom is -0.325 e. The number of hydrogen-bond donors (Lipinski definition) is 1. The Morgan fingerprint density at radius 3 is 2.79 bits per heavy atom. The topological polar surface area (TPSA) is 41.5 Å². The smallest absolute Gasteiger partial charge is 0.237 e. The van der Waals surface area contributed by atoms with Gasteiger partial charge in [-0.3, -0.25) is 4.79 Å². The zero-order valence-corrected chi connectivity index (χ0v) is 14.6. The third-order valence-electron chi connectivity index (χ3n) is 3.64. The average molecular weight is 355 g/mol. The molecule has 2 aromatic rings. The number of fused-ring (bicyclic) bond motifs is 1. The van der Waals surface area contributed by atoms with E-state index < -0.39 is 0 Å². The van der Waals surface area contributed by atoms with Crippen LogP contribution in [0.25, 0.3) is 0 Å². The quantitative estimate of drug-likeness (QED) is 0.814. The van der Waals surface area contributed by atoms with Gasteiger partial charge in [0, 0.05) is 22.7 Å². The fourth-order valence-corrected chi connectivity index (χ4v) is 3.48. The normalized spacial score (nSPS) is 13.6. The Bertz CT molecular complexity index is 853. The largest absolute Gasteiger partial charge is 0.325 e. The summed E-state index contributed by atoms with van der Waals surface area (Å²) in [7, 11) is 0. The summed E-state index contributed by atoms with van der Waals surface area (Å²) in [5, 5.41) is 4.24. The molecule has 1 unspecified atom stereocenters. The molecule has 2 aromatic carbocycles. The van der Waals surface area contributed by atoms with E-state index in [4.69, 9.17) is 18.0 Å². The van der Waals surface area contributed by atoms with Crippen LogP contribution in [0.1, 0.15) is 18.1 Å². The van der Waals surface area contributed by atoms with Crippen molar-refractivity contribution in [2.75, 3.05) is 5.32 Å². The van der Waals surface area contributed by atoms with Crippen LogP contribution in [0.5, 0.6) is 0 Å². The maximum absolute atomic E-state index is 12.3. The van der Waals surface area contributed by atoms with Crippen molar-refractivity contribution in [2.24, 2.45) is 4.99 Å². The number of halogens is 1. The van der Waals surface area contributed by atoms with E-state index in [0.29, 0.717) is 5.02 Å². The first kappa shape index (κ1) is 16.6. The number of hydrogen-bond acceptors (Lipinski definition) is 3. The van der Waals surface area contributed by atoms with Crippen LogP contribution >= 0.6 is 23.4 Å². The first-order valence-corrected chi connectivity index (χ1v) is 8.71. The first-order chi connectivity index (χ1) is 11.5. The summed E-state index contributed by atoms with van der Waals surface area (Å²) in [6, 6.07) is 12.9. The van der Waals surface area contributed by atoms with Gasteiger partial charge in [-0.1, -0.05) is 35.3 Å². The molecule has 3 rings (SSSR count). The summed E-state index contributed by atoms with van der Waals surface area (Å²) in [5.74, 6) is 2.48. The molecule has 0 saturated carbocycles. The summed E-state index contributed by atoms with van der Waals surface area (Å²) in [4.78, 5) is 16.9. The Kier molecular flexibility index (Phi) is 4.94. The van der Waals surface area contributed by atoms with E-state index in [9.17, 15) is 4.79 Å². The van der Waals surface area contributed by atoms with Crippen LogP contribution in [0.3, 0.4) is 0 Å². The molecular formula is C19H15ClN2OS. The van der Waals surface area contributed by atoms with Crippen molar-refractivity contribution < 1.29 is 4.79 Å². The monoisotopic (exact) mass is 354 g/mol. The fourth-order valence-electron chi connectivity index (χ4n) is 2.35. The Morgan fingerprint density at radius 2 is 2.08 bits per heavy atom. The van der Waals surface area contributed by atoms with Crippen molar-refractivity contribution in [3.8, 4) is 12.3 Å². The molecule has 0 aliphatic carbocycles. The molecular weight excluding hydrogens is 340 g/mol. The second-order valence-corrected chi connectivity index (χ2v) is 7.28. The zero-order valence-electron chi connectivity index (χ0n) is 13.0. The SMILES string of the molecule is C#Cc1ccc(NC(=O)C(C)SC2=Nc3cc(Cl)ccc3C2)cc1. The molecule has 1 aliphatic heterocycles. The maximum Gasteiger partial charge on any atom is 0.237 e. The second-order valence-electron chi connectivity index (χ2n) is 5.43. The van der Waals surface area contributed by atoms with Gasteiger partial charge >= 0.3 is 0 Å². The van der Waals surface area contributed by atoms with Crippen LogP contribution in [0.2, 0.25) is 5.02 Å². The van der Waals surface area contributed by atoms with Crippen LogP contribution in [0, 0.1) is 12.3 Å². The summed E-state index contributed by atoms with van der Waals surface area (Å²) >= 11 is 7.45. The van der Waals surface area contributed by atoms with Crippen LogP contribution < -0.4 is 5.32 Å². The highest BCUT2D eigenvalue weighted by molar-refractivity contribution is 8.15. The van der Waals surface area contributed by atoms with Gasteiger partial charge in [-0.25, -0.2) is 4.99 Å². The van der Waals surface area contributed by atoms with Crippen molar-refractivity contribution in [3.63, 3.8) is 0 Å². The van der Waals surface area contributed by atoms with Gasteiger partial charge < -0.3 is 5.32 Å². The molecule has 1 heterocycles. The molecule has 0 saturated heterocycles. The van der Waals surface area contributed by atoms with E-state index in [1.165, 1.54) is 11.8 Å². The van der Waals surface area contributed by atoms with Gasteiger partial charge in [0.2, 0.25) is 5.91 Å². The summed E-state index contributed by atoms with van der Waals surface area (Å²) < 4.78 is 0. The van der Waals surface area contributed by atoms with Crippen molar-refractivity contribution >= 4 is 45.7 Å². The molecule has 5 heteroatoms. The molecule has 1 N–H and O–H groups in total. The number of nitrogens with zero attached hydrogens (tertiary/aromatic N) is 1. The zero-order chi connectivity index (χ0) is 17.1. The van der Waals surface area contributed by atoms with Crippen molar-refractivity contribution in [3.05, 3.63) is 58.6 Å². The number of aliphatic imine (C=N–C) groups is 1. The molecule has 120 valence electrons. The molecule has 3 nitrogen and oxygen atoms in total. The summed E-state index contributed by atoms with van der Waals surface area (Å²) in [6.07, 6.45) is 6.07. The van der Waals surface area contributed by atoms with Crippen LogP contribution in [0.4, 0.5) is 11.4 Å². The Balaban J connectivity index is 1.61. The van der Waals surface area contributed by atoms with Crippen molar-refractivity contribution in [2.45, 2.75) is 18.6 Å². The Hall–Kier alpha value is -2.22. The van der Waals surface area contributed by atoms with Crippen LogP contribution in [0.15, 0.2) is 47.5 Å². The lowest BCUT2D eigenvalue weighted by Crippen LogP contribution is -2.23. The van der Waals surface area contributed by atoms with E-state index >= 15 is 0 Å². The van der Waals surface area contributed by atoms with Gasteiger partial charge in [-0.2, -0.15) is 0 Å². The molecule has 1 aliphatic rings. The molecule has 0 radical (unpaired) electrons. The van der Waals surface area contributed by atoms with E-state index in [-0.39, 0.29) is 11.2 Å². The molecule has 24 heavy (non-hydrogen) atoms. The number of terminal acetylenes is 1. The summed E-state index contributed by atoms with van der Waals surface area (Å²) in [5.41, 5.74) is 3.55. The lowest BCUT2D eigenvalue weighted by atomic mass is 10.2. The lowest BCUT2D eigenvalue weighted by Gasteiger charge is -2.11. The van der Waals surface area contributed by atoms with Gasteiger partial charge in [0.25, 0.3) is 0 Å². The summed E-state index contributed by atoms with van der Waals surface area (Å²) in [6.45, 7) is 1.87.